The molecule has 206 valence electrons. The number of imidazole rings is 1. The average molecular weight is 562 g/mol. The lowest BCUT2D eigenvalue weighted by Gasteiger charge is -2.46. The fourth-order valence-corrected chi connectivity index (χ4v) is 5.86. The van der Waals surface area contributed by atoms with Crippen molar-refractivity contribution < 1.29 is 9.53 Å². The van der Waals surface area contributed by atoms with Crippen molar-refractivity contribution >= 4 is 29.9 Å². The monoisotopic (exact) mass is 560 g/mol. The Morgan fingerprint density at radius 3 is 2.53 bits per heavy atom. The Hall–Kier alpha value is -2.39. The second kappa shape index (κ2) is 12.6. The molecule has 1 saturated carbocycles. The van der Waals surface area contributed by atoms with E-state index in [0.29, 0.717) is 36.8 Å². The third kappa shape index (κ3) is 6.78. The molecular weight excluding hydrogens is 523 g/mol. The van der Waals surface area contributed by atoms with Crippen LogP contribution in [0, 0.1) is 6.92 Å². The summed E-state index contributed by atoms with van der Waals surface area (Å²) in [7, 11) is 3.88. The van der Waals surface area contributed by atoms with Gasteiger partial charge in [0.25, 0.3) is 5.91 Å². The van der Waals surface area contributed by atoms with Crippen molar-refractivity contribution in [3.05, 3.63) is 70.5 Å². The highest BCUT2D eigenvalue weighted by atomic mass is 35.5. The van der Waals surface area contributed by atoms with Crippen LogP contribution in [0.2, 0.25) is 5.02 Å². The quantitative estimate of drug-likeness (QED) is 0.466. The van der Waals surface area contributed by atoms with Crippen molar-refractivity contribution in [3.8, 4) is 0 Å². The van der Waals surface area contributed by atoms with Gasteiger partial charge in [0, 0.05) is 62.1 Å². The number of nitrogens with one attached hydrogen (secondary N) is 1. The molecule has 3 aromatic rings. The largest absolute Gasteiger partial charge is 0.373 e. The Kier molecular flexibility index (Phi) is 9.52. The van der Waals surface area contributed by atoms with E-state index in [1.807, 2.05) is 30.9 Å². The van der Waals surface area contributed by atoms with Crippen LogP contribution in [0.25, 0.3) is 0 Å². The van der Waals surface area contributed by atoms with E-state index < -0.39 is 0 Å². The van der Waals surface area contributed by atoms with Gasteiger partial charge in [-0.15, -0.1) is 12.4 Å². The minimum absolute atomic E-state index is 0. The summed E-state index contributed by atoms with van der Waals surface area (Å²) >= 11 is 6.12. The molecule has 5 rings (SSSR count). The molecular formula is C28H38Cl2N6O2. The molecule has 1 amide bonds. The summed E-state index contributed by atoms with van der Waals surface area (Å²) < 4.78 is 10.0. The zero-order valence-electron chi connectivity index (χ0n) is 22.3. The summed E-state index contributed by atoms with van der Waals surface area (Å²) in [5.74, 6) is 0.366. The van der Waals surface area contributed by atoms with E-state index >= 15 is 0 Å². The summed E-state index contributed by atoms with van der Waals surface area (Å²) in [6.45, 7) is 4.04. The Morgan fingerprint density at radius 1 is 1.16 bits per heavy atom. The summed E-state index contributed by atoms with van der Waals surface area (Å²) in [5.41, 5.74) is 4.14. The highest BCUT2D eigenvalue weighted by molar-refractivity contribution is 6.30. The first-order valence-electron chi connectivity index (χ1n) is 13.2. The summed E-state index contributed by atoms with van der Waals surface area (Å²) in [4.78, 5) is 19.3. The molecule has 38 heavy (non-hydrogen) atoms. The normalized spacial score (nSPS) is 24.1. The number of benzene rings is 1. The third-order valence-electron chi connectivity index (χ3n) is 7.94. The molecule has 8 nitrogen and oxygen atoms in total. The van der Waals surface area contributed by atoms with Crippen molar-refractivity contribution in [2.45, 2.75) is 63.1 Å². The number of hydrogen-bond acceptors (Lipinski definition) is 5. The molecule has 0 unspecified atom stereocenters. The first-order valence-corrected chi connectivity index (χ1v) is 13.6. The minimum Gasteiger partial charge on any atom is -0.373 e. The lowest BCUT2D eigenvalue weighted by molar-refractivity contribution is -0.0822. The number of ether oxygens (including phenoxy) is 1. The van der Waals surface area contributed by atoms with Gasteiger partial charge in [0.05, 0.1) is 24.7 Å². The molecule has 2 aliphatic rings. The van der Waals surface area contributed by atoms with Gasteiger partial charge in [0.2, 0.25) is 0 Å². The second-order valence-corrected chi connectivity index (χ2v) is 11.0. The highest BCUT2D eigenvalue weighted by Crippen LogP contribution is 2.36. The van der Waals surface area contributed by atoms with E-state index in [2.05, 4.69) is 40.3 Å². The van der Waals surface area contributed by atoms with Crippen LogP contribution in [0.1, 0.15) is 59.0 Å². The molecule has 1 aliphatic heterocycles. The van der Waals surface area contributed by atoms with Crippen molar-refractivity contribution in [1.29, 1.82) is 0 Å². The highest BCUT2D eigenvalue weighted by Gasteiger charge is 2.36. The molecule has 3 heterocycles. The SMILES string of the molecule is Cc1cc(C2CCC(N3C[C@H](CNC(=O)c4cn(C)cn4)OC[C@@H]3Cc3ccc(Cl)cc3)CC2)nn1C.Cl. The van der Waals surface area contributed by atoms with E-state index in [1.165, 1.54) is 17.0 Å². The molecule has 1 aromatic carbocycles. The second-order valence-electron chi connectivity index (χ2n) is 10.6. The maximum absolute atomic E-state index is 12.5. The van der Waals surface area contributed by atoms with Gasteiger partial charge in [-0.3, -0.25) is 14.4 Å². The number of rotatable bonds is 7. The van der Waals surface area contributed by atoms with Crippen molar-refractivity contribution in [2.24, 2.45) is 14.1 Å². The van der Waals surface area contributed by atoms with Crippen LogP contribution in [0.3, 0.4) is 0 Å². The Labute approximate surface area is 236 Å². The molecule has 0 bridgehead atoms. The van der Waals surface area contributed by atoms with E-state index in [0.717, 1.165) is 43.7 Å². The standard InChI is InChI=1S/C28H37ClN6O2.ClH/c1-19-12-26(32-34(19)3)21-6-10-23(11-7-21)35-15-25(14-30-28(36)27-16-33(2)18-31-27)37-17-24(35)13-20-4-8-22(29)9-5-20;/h4-5,8-9,12,16,18,21,23-25H,6-7,10-11,13-15,17H2,1-3H3,(H,30,36);1H/t21?,23?,24-,25-;/m0./s1. The van der Waals surface area contributed by atoms with E-state index in [4.69, 9.17) is 21.4 Å². The zero-order chi connectivity index (χ0) is 25.9. The maximum atomic E-state index is 12.5. The Balaban J connectivity index is 0.00000336. The average Bonchev–Trinajstić information content (AvgIpc) is 3.49. The van der Waals surface area contributed by atoms with Crippen LogP contribution in [0.5, 0.6) is 0 Å². The molecule has 0 spiro atoms. The number of carbonyl (C=O) groups excluding carboxylic acids is 1. The van der Waals surface area contributed by atoms with Gasteiger partial charge in [-0.25, -0.2) is 4.98 Å². The van der Waals surface area contributed by atoms with Crippen molar-refractivity contribution in [2.75, 3.05) is 19.7 Å². The predicted molar refractivity (Wildman–Crippen MR) is 151 cm³/mol. The topological polar surface area (TPSA) is 77.2 Å². The number of hydrogen-bond donors (Lipinski definition) is 1. The molecule has 1 N–H and O–H groups in total. The van der Waals surface area contributed by atoms with Gasteiger partial charge in [0.1, 0.15) is 5.69 Å². The Bertz CT molecular complexity index is 1180. The van der Waals surface area contributed by atoms with E-state index in [9.17, 15) is 4.79 Å². The number of morpholine rings is 1. The number of aromatic nitrogens is 4. The summed E-state index contributed by atoms with van der Waals surface area (Å²) in [6.07, 6.45) is 8.81. The maximum Gasteiger partial charge on any atom is 0.271 e. The summed E-state index contributed by atoms with van der Waals surface area (Å²) in [5, 5.41) is 8.53. The van der Waals surface area contributed by atoms with E-state index in [-0.39, 0.29) is 24.4 Å². The van der Waals surface area contributed by atoms with Crippen LogP contribution in [-0.2, 0) is 25.3 Å². The first kappa shape index (κ1) is 28.6. The van der Waals surface area contributed by atoms with Crippen LogP contribution in [0.15, 0.2) is 42.9 Å². The van der Waals surface area contributed by atoms with Gasteiger partial charge >= 0.3 is 0 Å². The van der Waals surface area contributed by atoms with E-state index in [1.54, 1.807) is 17.1 Å². The van der Waals surface area contributed by atoms with Gasteiger partial charge in [-0.2, -0.15) is 5.10 Å². The smallest absolute Gasteiger partial charge is 0.271 e. The van der Waals surface area contributed by atoms with Crippen LogP contribution < -0.4 is 5.32 Å². The fourth-order valence-electron chi connectivity index (χ4n) is 5.74. The predicted octanol–water partition coefficient (Wildman–Crippen LogP) is 4.31. The third-order valence-corrected chi connectivity index (χ3v) is 8.19. The summed E-state index contributed by atoms with van der Waals surface area (Å²) in [6, 6.07) is 11.2. The number of halogens is 2. The Morgan fingerprint density at radius 2 is 1.89 bits per heavy atom. The number of nitrogens with zero attached hydrogens (tertiary/aromatic N) is 5. The molecule has 1 aliphatic carbocycles. The number of aryl methyl sites for hydroxylation is 3. The van der Waals surface area contributed by atoms with Crippen molar-refractivity contribution in [1.82, 2.24) is 29.5 Å². The number of amides is 1. The minimum atomic E-state index is -0.162. The zero-order valence-corrected chi connectivity index (χ0v) is 23.9. The molecule has 0 radical (unpaired) electrons. The van der Waals surface area contributed by atoms with Gasteiger partial charge in [-0.1, -0.05) is 23.7 Å². The van der Waals surface area contributed by atoms with Gasteiger partial charge in [-0.05, 0) is 62.8 Å². The van der Waals surface area contributed by atoms with Crippen LogP contribution in [0.4, 0.5) is 0 Å². The first-order chi connectivity index (χ1) is 17.9. The molecule has 10 heteroatoms. The lowest BCUT2D eigenvalue weighted by Crippen LogP contribution is -2.57. The molecule has 1 saturated heterocycles. The van der Waals surface area contributed by atoms with Crippen molar-refractivity contribution in [3.63, 3.8) is 0 Å². The molecule has 2 aromatic heterocycles. The van der Waals surface area contributed by atoms with Crippen LogP contribution >= 0.6 is 24.0 Å². The number of carbonyl (C=O) groups is 1. The van der Waals surface area contributed by atoms with Gasteiger partial charge < -0.3 is 14.6 Å². The van der Waals surface area contributed by atoms with Crippen LogP contribution in [-0.4, -0.2) is 68.0 Å². The van der Waals surface area contributed by atoms with Gasteiger partial charge in [0.15, 0.2) is 0 Å². The molecule has 2 fully saturated rings. The fraction of sp³-hybridized carbons (Fsp3) is 0.536. The lowest BCUT2D eigenvalue weighted by atomic mass is 9.82. The molecule has 2 atom stereocenters.